The minimum absolute atomic E-state index is 0.0522. The zero-order chi connectivity index (χ0) is 14.5. The van der Waals surface area contributed by atoms with Crippen molar-refractivity contribution in [2.45, 2.75) is 6.54 Å². The van der Waals surface area contributed by atoms with Crippen molar-refractivity contribution in [3.8, 4) is 5.75 Å². The third-order valence-corrected chi connectivity index (χ3v) is 2.69. The Balaban J connectivity index is 2.30. The second-order valence-corrected chi connectivity index (χ2v) is 4.00. The van der Waals surface area contributed by atoms with Crippen LogP contribution in [0.15, 0.2) is 35.7 Å². The zero-order valence-electron chi connectivity index (χ0n) is 10.8. The van der Waals surface area contributed by atoms with E-state index >= 15 is 0 Å². The first-order chi connectivity index (χ1) is 9.63. The van der Waals surface area contributed by atoms with E-state index < -0.39 is 4.92 Å². The lowest BCUT2D eigenvalue weighted by molar-refractivity contribution is -0.385. The number of nitrogens with zero attached hydrogens (tertiary/aromatic N) is 4. The summed E-state index contributed by atoms with van der Waals surface area (Å²) >= 11 is 0. The molecule has 1 heterocycles. The van der Waals surface area contributed by atoms with Gasteiger partial charge in [-0.05, 0) is 23.8 Å². The summed E-state index contributed by atoms with van der Waals surface area (Å²) in [5.41, 5.74) is 1.58. The molecular formula is C12H13N5O3. The number of nitrogens with two attached hydrogens (primary N) is 1. The molecule has 2 N–H and O–H groups in total. The highest BCUT2D eigenvalue weighted by molar-refractivity contribution is 5.80. The van der Waals surface area contributed by atoms with E-state index in [1.54, 1.807) is 13.2 Å². The molecule has 1 aromatic heterocycles. The van der Waals surface area contributed by atoms with Crippen molar-refractivity contribution in [3.05, 3.63) is 51.8 Å². The molecule has 2 aromatic rings. The van der Waals surface area contributed by atoms with Gasteiger partial charge in [-0.1, -0.05) is 0 Å². The van der Waals surface area contributed by atoms with Crippen molar-refractivity contribution in [2.24, 2.45) is 10.9 Å². The van der Waals surface area contributed by atoms with Crippen molar-refractivity contribution in [3.63, 3.8) is 0 Å². The summed E-state index contributed by atoms with van der Waals surface area (Å²) < 4.78 is 6.73. The second kappa shape index (κ2) is 5.83. The summed E-state index contributed by atoms with van der Waals surface area (Å²) in [4.78, 5) is 10.1. The maximum Gasteiger partial charge on any atom is 0.307 e. The molecule has 0 atom stereocenters. The van der Waals surface area contributed by atoms with Crippen LogP contribution in [-0.2, 0) is 6.54 Å². The van der Waals surface area contributed by atoms with Crippen LogP contribution in [0.2, 0.25) is 0 Å². The molecule has 0 spiro atoms. The average molecular weight is 275 g/mol. The molecule has 0 saturated carbocycles. The van der Waals surface area contributed by atoms with Crippen LogP contribution >= 0.6 is 0 Å². The Morgan fingerprint density at radius 2 is 2.40 bits per heavy atom. The molecule has 0 aliphatic heterocycles. The van der Waals surface area contributed by atoms with Gasteiger partial charge in [0.05, 0.1) is 24.8 Å². The third kappa shape index (κ3) is 2.91. The lowest BCUT2D eigenvalue weighted by atomic mass is 10.1. The highest BCUT2D eigenvalue weighted by Crippen LogP contribution is 2.21. The largest absolute Gasteiger partial charge is 0.496 e. The molecule has 8 nitrogen and oxygen atoms in total. The Labute approximate surface area is 114 Å². The number of hydrogen-bond acceptors (Lipinski definition) is 6. The highest BCUT2D eigenvalue weighted by Gasteiger charge is 2.11. The van der Waals surface area contributed by atoms with E-state index in [9.17, 15) is 10.1 Å². The van der Waals surface area contributed by atoms with Gasteiger partial charge >= 0.3 is 5.69 Å². The van der Waals surface area contributed by atoms with Crippen LogP contribution in [0.3, 0.4) is 0 Å². The molecule has 104 valence electrons. The van der Waals surface area contributed by atoms with E-state index in [0.717, 1.165) is 11.1 Å². The van der Waals surface area contributed by atoms with Crippen molar-refractivity contribution in [1.82, 2.24) is 9.78 Å². The van der Waals surface area contributed by atoms with Gasteiger partial charge in [-0.25, -0.2) is 0 Å². The average Bonchev–Trinajstić information content (AvgIpc) is 2.88. The molecule has 0 aliphatic rings. The SMILES string of the molecule is COc1ccc(C=NN)cc1Cn1cc([N+](=O)[O-])cn1. The van der Waals surface area contributed by atoms with Gasteiger partial charge in [-0.3, -0.25) is 14.8 Å². The summed E-state index contributed by atoms with van der Waals surface area (Å²) in [5, 5.41) is 18.0. The van der Waals surface area contributed by atoms with E-state index in [1.807, 2.05) is 12.1 Å². The number of nitro groups is 1. The monoisotopic (exact) mass is 275 g/mol. The molecule has 0 aliphatic carbocycles. The summed E-state index contributed by atoms with van der Waals surface area (Å²) in [7, 11) is 1.56. The summed E-state index contributed by atoms with van der Waals surface area (Å²) in [6.07, 6.45) is 4.08. The number of benzene rings is 1. The third-order valence-electron chi connectivity index (χ3n) is 2.69. The van der Waals surface area contributed by atoms with E-state index in [-0.39, 0.29) is 5.69 Å². The fourth-order valence-electron chi connectivity index (χ4n) is 1.80. The van der Waals surface area contributed by atoms with Crippen molar-refractivity contribution in [1.29, 1.82) is 0 Å². The standard InChI is InChI=1S/C12H13N5O3/c1-20-12-3-2-9(5-14-13)4-10(12)7-16-8-11(6-15-16)17(18)19/h2-6,8H,7,13H2,1H3. The number of methoxy groups -OCH3 is 1. The Morgan fingerprint density at radius 1 is 1.60 bits per heavy atom. The molecule has 0 radical (unpaired) electrons. The van der Waals surface area contributed by atoms with E-state index in [1.165, 1.54) is 23.3 Å². The van der Waals surface area contributed by atoms with Crippen LogP contribution in [0.25, 0.3) is 0 Å². The predicted molar refractivity (Wildman–Crippen MR) is 72.8 cm³/mol. The lowest BCUT2D eigenvalue weighted by Gasteiger charge is -2.09. The lowest BCUT2D eigenvalue weighted by Crippen LogP contribution is -2.03. The van der Waals surface area contributed by atoms with Crippen LogP contribution < -0.4 is 10.6 Å². The van der Waals surface area contributed by atoms with E-state index in [0.29, 0.717) is 12.3 Å². The molecule has 0 fully saturated rings. The van der Waals surface area contributed by atoms with E-state index in [2.05, 4.69) is 10.2 Å². The van der Waals surface area contributed by atoms with Crippen molar-refractivity contribution in [2.75, 3.05) is 7.11 Å². The molecular weight excluding hydrogens is 262 g/mol. The quantitative estimate of drug-likeness (QED) is 0.381. The molecule has 8 heteroatoms. The van der Waals surface area contributed by atoms with Gasteiger partial charge < -0.3 is 10.6 Å². The smallest absolute Gasteiger partial charge is 0.307 e. The minimum atomic E-state index is -0.488. The van der Waals surface area contributed by atoms with Crippen LogP contribution in [0.1, 0.15) is 11.1 Å². The van der Waals surface area contributed by atoms with Crippen LogP contribution in [0.4, 0.5) is 5.69 Å². The highest BCUT2D eigenvalue weighted by atomic mass is 16.6. The number of aromatic nitrogens is 2. The minimum Gasteiger partial charge on any atom is -0.496 e. The molecule has 0 saturated heterocycles. The molecule has 2 rings (SSSR count). The normalized spacial score (nSPS) is 10.8. The van der Waals surface area contributed by atoms with Crippen LogP contribution in [-0.4, -0.2) is 28.0 Å². The number of hydrazone groups is 1. The zero-order valence-corrected chi connectivity index (χ0v) is 10.8. The molecule has 1 aromatic carbocycles. The fourth-order valence-corrected chi connectivity index (χ4v) is 1.80. The summed E-state index contributed by atoms with van der Waals surface area (Å²) in [5.74, 6) is 5.78. The summed E-state index contributed by atoms with van der Waals surface area (Å²) in [6.45, 7) is 0.350. The van der Waals surface area contributed by atoms with Crippen molar-refractivity contribution < 1.29 is 9.66 Å². The van der Waals surface area contributed by atoms with Gasteiger partial charge in [0.1, 0.15) is 18.1 Å². The topological polar surface area (TPSA) is 109 Å². The molecule has 0 unspecified atom stereocenters. The molecule has 0 bridgehead atoms. The first-order valence-electron chi connectivity index (χ1n) is 5.71. The number of rotatable bonds is 5. The van der Waals surface area contributed by atoms with Crippen LogP contribution in [0, 0.1) is 10.1 Å². The number of hydrogen-bond donors (Lipinski definition) is 1. The number of ether oxygens (including phenoxy) is 1. The van der Waals surface area contributed by atoms with Crippen LogP contribution in [0.5, 0.6) is 5.75 Å². The predicted octanol–water partition coefficient (Wildman–Crippen LogP) is 1.14. The van der Waals surface area contributed by atoms with Gasteiger partial charge in [0.2, 0.25) is 0 Å². The van der Waals surface area contributed by atoms with Gasteiger partial charge in [-0.2, -0.15) is 10.2 Å². The Morgan fingerprint density at radius 3 is 3.00 bits per heavy atom. The van der Waals surface area contributed by atoms with Gasteiger partial charge in [-0.15, -0.1) is 0 Å². The summed E-state index contributed by atoms with van der Waals surface area (Å²) in [6, 6.07) is 5.43. The van der Waals surface area contributed by atoms with Gasteiger partial charge in [0.15, 0.2) is 0 Å². The van der Waals surface area contributed by atoms with Crippen molar-refractivity contribution >= 4 is 11.9 Å². The Hall–Kier alpha value is -2.90. The Kier molecular flexibility index (Phi) is 3.94. The maximum atomic E-state index is 10.6. The van der Waals surface area contributed by atoms with Gasteiger partial charge in [0, 0.05) is 5.56 Å². The first kappa shape index (κ1) is 13.5. The second-order valence-electron chi connectivity index (χ2n) is 4.00. The Bertz CT molecular complexity index is 650. The first-order valence-corrected chi connectivity index (χ1v) is 5.71. The van der Waals surface area contributed by atoms with E-state index in [4.69, 9.17) is 10.6 Å². The van der Waals surface area contributed by atoms with Gasteiger partial charge in [0.25, 0.3) is 0 Å². The molecule has 0 amide bonds. The fraction of sp³-hybridized carbons (Fsp3) is 0.167. The maximum absolute atomic E-state index is 10.6. The molecule has 20 heavy (non-hydrogen) atoms.